The molecule has 0 aliphatic carbocycles. The minimum absolute atomic E-state index is 0.193. The molecular weight excluding hydrogens is 358 g/mol. The van der Waals surface area contributed by atoms with E-state index in [1.54, 1.807) is 11.3 Å². The number of fused-ring (bicyclic) bond motifs is 1. The van der Waals surface area contributed by atoms with Gasteiger partial charge in [-0.2, -0.15) is 0 Å². The van der Waals surface area contributed by atoms with Gasteiger partial charge in [-0.1, -0.05) is 17.7 Å². The first kappa shape index (κ1) is 16.4. The van der Waals surface area contributed by atoms with Crippen LogP contribution in [0.1, 0.15) is 11.3 Å². The maximum absolute atomic E-state index is 12.5. The smallest absolute Gasteiger partial charge is 0.231 e. The molecule has 1 amide bonds. The molecule has 0 unspecified atom stereocenters. The van der Waals surface area contributed by atoms with Crippen molar-refractivity contribution in [1.29, 1.82) is 0 Å². The van der Waals surface area contributed by atoms with E-state index < -0.39 is 0 Å². The zero-order chi connectivity index (χ0) is 17.2. The van der Waals surface area contributed by atoms with Crippen molar-refractivity contribution in [2.45, 2.75) is 12.8 Å². The van der Waals surface area contributed by atoms with Crippen molar-refractivity contribution in [3.63, 3.8) is 0 Å². The van der Waals surface area contributed by atoms with E-state index in [0.717, 1.165) is 42.5 Å². The van der Waals surface area contributed by atoms with Gasteiger partial charge in [0.25, 0.3) is 0 Å². The second-order valence-electron chi connectivity index (χ2n) is 6.05. The van der Waals surface area contributed by atoms with Gasteiger partial charge >= 0.3 is 0 Å². The van der Waals surface area contributed by atoms with Crippen molar-refractivity contribution in [2.75, 3.05) is 31.1 Å². The van der Waals surface area contributed by atoms with Crippen LogP contribution in [0.25, 0.3) is 5.65 Å². The number of carbonyl (C=O) groups excluding carboxylic acids is 1. The van der Waals surface area contributed by atoms with E-state index in [4.69, 9.17) is 11.6 Å². The molecule has 0 bridgehead atoms. The minimum Gasteiger partial charge on any atom is -0.341 e. The minimum atomic E-state index is 0.193. The normalized spacial score (nSPS) is 15.6. The molecule has 8 heteroatoms. The van der Waals surface area contributed by atoms with Crippen LogP contribution >= 0.6 is 22.9 Å². The number of thiophene rings is 1. The summed E-state index contributed by atoms with van der Waals surface area (Å²) >= 11 is 7.73. The molecule has 0 spiro atoms. The molecule has 3 aromatic heterocycles. The summed E-state index contributed by atoms with van der Waals surface area (Å²) in [5.41, 5.74) is 0.772. The van der Waals surface area contributed by atoms with Gasteiger partial charge in [-0.25, -0.2) is 0 Å². The van der Waals surface area contributed by atoms with Crippen molar-refractivity contribution >= 4 is 40.4 Å². The summed E-state index contributed by atoms with van der Waals surface area (Å²) in [5.74, 6) is 0.975. The molecule has 130 valence electrons. The molecular formula is C17H18ClN5OS. The number of aromatic nitrogens is 3. The average molecular weight is 376 g/mol. The number of pyridine rings is 1. The Morgan fingerprint density at radius 1 is 1.16 bits per heavy atom. The SMILES string of the molecule is O=C(Cc1cccs1)N1CCCN(c2nnc3ccc(Cl)cn23)CC1. The highest BCUT2D eigenvalue weighted by Gasteiger charge is 2.22. The lowest BCUT2D eigenvalue weighted by Gasteiger charge is -2.22. The van der Waals surface area contributed by atoms with Gasteiger partial charge in [-0.3, -0.25) is 9.20 Å². The Bertz CT molecular complexity index is 878. The summed E-state index contributed by atoms with van der Waals surface area (Å²) in [6.07, 6.45) is 3.23. The Kier molecular flexibility index (Phi) is 4.59. The quantitative estimate of drug-likeness (QED) is 0.706. The number of amides is 1. The van der Waals surface area contributed by atoms with Gasteiger partial charge in [0.15, 0.2) is 5.65 Å². The van der Waals surface area contributed by atoms with E-state index in [2.05, 4.69) is 15.1 Å². The van der Waals surface area contributed by atoms with Crippen LogP contribution in [0.5, 0.6) is 0 Å². The third kappa shape index (κ3) is 3.48. The van der Waals surface area contributed by atoms with E-state index in [0.29, 0.717) is 18.0 Å². The van der Waals surface area contributed by atoms with Crippen molar-refractivity contribution in [3.05, 3.63) is 45.7 Å². The predicted octanol–water partition coefficient (Wildman–Crippen LogP) is 2.73. The van der Waals surface area contributed by atoms with Gasteiger partial charge in [-0.05, 0) is 30.0 Å². The molecule has 4 heterocycles. The highest BCUT2D eigenvalue weighted by Crippen LogP contribution is 2.19. The summed E-state index contributed by atoms with van der Waals surface area (Å²) in [4.78, 5) is 17.8. The Morgan fingerprint density at radius 3 is 2.92 bits per heavy atom. The van der Waals surface area contributed by atoms with Crippen LogP contribution in [0.3, 0.4) is 0 Å². The van der Waals surface area contributed by atoms with Crippen LogP contribution < -0.4 is 4.90 Å². The van der Waals surface area contributed by atoms with Crippen LogP contribution in [0, 0.1) is 0 Å². The fraction of sp³-hybridized carbons (Fsp3) is 0.353. The van der Waals surface area contributed by atoms with Crippen LogP contribution in [0.2, 0.25) is 5.02 Å². The van der Waals surface area contributed by atoms with Gasteiger partial charge in [0, 0.05) is 37.3 Å². The highest BCUT2D eigenvalue weighted by molar-refractivity contribution is 7.10. The number of hydrogen-bond acceptors (Lipinski definition) is 5. The summed E-state index contributed by atoms with van der Waals surface area (Å²) in [6.45, 7) is 3.05. The first-order valence-corrected chi connectivity index (χ1v) is 9.52. The van der Waals surface area contributed by atoms with Crippen molar-refractivity contribution in [1.82, 2.24) is 19.5 Å². The Hall–Kier alpha value is -2.12. The zero-order valence-corrected chi connectivity index (χ0v) is 15.2. The molecule has 0 saturated carbocycles. The molecule has 4 rings (SSSR count). The number of carbonyl (C=O) groups is 1. The second kappa shape index (κ2) is 7.01. The van der Waals surface area contributed by atoms with Crippen LogP contribution in [-0.4, -0.2) is 51.6 Å². The first-order valence-electron chi connectivity index (χ1n) is 8.26. The molecule has 0 N–H and O–H groups in total. The number of halogens is 1. The topological polar surface area (TPSA) is 53.7 Å². The summed E-state index contributed by atoms with van der Waals surface area (Å²) in [5, 5.41) is 11.2. The molecule has 1 aliphatic heterocycles. The van der Waals surface area contributed by atoms with E-state index in [1.807, 2.05) is 45.1 Å². The first-order chi connectivity index (χ1) is 12.2. The highest BCUT2D eigenvalue weighted by atomic mass is 35.5. The van der Waals surface area contributed by atoms with Crippen molar-refractivity contribution in [2.24, 2.45) is 0 Å². The Balaban J connectivity index is 1.47. The van der Waals surface area contributed by atoms with Crippen LogP contribution in [0.4, 0.5) is 5.95 Å². The largest absolute Gasteiger partial charge is 0.341 e. The predicted molar refractivity (Wildman–Crippen MR) is 99.4 cm³/mol. The van der Waals surface area contributed by atoms with Crippen LogP contribution in [-0.2, 0) is 11.2 Å². The third-order valence-corrected chi connectivity index (χ3v) is 5.49. The zero-order valence-electron chi connectivity index (χ0n) is 13.6. The van der Waals surface area contributed by atoms with Gasteiger partial charge in [0.1, 0.15) is 0 Å². The third-order valence-electron chi connectivity index (χ3n) is 4.39. The number of hydrogen-bond donors (Lipinski definition) is 0. The molecule has 6 nitrogen and oxygen atoms in total. The van der Waals surface area contributed by atoms with Crippen molar-refractivity contribution < 1.29 is 4.79 Å². The molecule has 1 saturated heterocycles. The maximum atomic E-state index is 12.5. The number of anilines is 1. The fourth-order valence-corrected chi connectivity index (χ4v) is 3.97. The van der Waals surface area contributed by atoms with Crippen molar-refractivity contribution in [3.8, 4) is 0 Å². The molecule has 1 aliphatic rings. The lowest BCUT2D eigenvalue weighted by Crippen LogP contribution is -2.36. The molecule has 3 aromatic rings. The van der Waals surface area contributed by atoms with E-state index in [-0.39, 0.29) is 5.91 Å². The van der Waals surface area contributed by atoms with E-state index in [9.17, 15) is 4.79 Å². The molecule has 0 atom stereocenters. The Labute approximate surface area is 154 Å². The molecule has 0 aromatic carbocycles. The average Bonchev–Trinajstić information content (AvgIpc) is 3.19. The Morgan fingerprint density at radius 2 is 2.08 bits per heavy atom. The lowest BCUT2D eigenvalue weighted by atomic mass is 10.3. The van der Waals surface area contributed by atoms with E-state index >= 15 is 0 Å². The monoisotopic (exact) mass is 375 g/mol. The van der Waals surface area contributed by atoms with Gasteiger partial charge < -0.3 is 9.80 Å². The molecule has 25 heavy (non-hydrogen) atoms. The summed E-state index contributed by atoms with van der Waals surface area (Å²) < 4.78 is 1.91. The number of rotatable bonds is 3. The fourth-order valence-electron chi connectivity index (χ4n) is 3.11. The maximum Gasteiger partial charge on any atom is 0.231 e. The standard InChI is InChI=1S/C17H18ClN5OS/c18-13-4-5-15-19-20-17(23(15)12-13)22-7-2-6-21(8-9-22)16(24)11-14-3-1-10-25-14/h1,3-5,10,12H,2,6-9,11H2. The summed E-state index contributed by atoms with van der Waals surface area (Å²) in [7, 11) is 0. The van der Waals surface area contributed by atoms with Gasteiger partial charge in [0.05, 0.1) is 11.4 Å². The number of nitrogens with zero attached hydrogens (tertiary/aromatic N) is 5. The molecule has 1 fully saturated rings. The molecule has 0 radical (unpaired) electrons. The lowest BCUT2D eigenvalue weighted by molar-refractivity contribution is -0.130. The van der Waals surface area contributed by atoms with E-state index in [1.165, 1.54) is 0 Å². The van der Waals surface area contributed by atoms with Crippen LogP contribution in [0.15, 0.2) is 35.8 Å². The van der Waals surface area contributed by atoms with Gasteiger partial charge in [-0.15, -0.1) is 21.5 Å². The second-order valence-corrected chi connectivity index (χ2v) is 7.52. The summed E-state index contributed by atoms with van der Waals surface area (Å²) in [6, 6.07) is 7.66. The van der Waals surface area contributed by atoms with Gasteiger partial charge in [0.2, 0.25) is 11.9 Å².